The van der Waals surface area contributed by atoms with E-state index in [4.69, 9.17) is 18.9 Å². The number of ether oxygens (including phenoxy) is 4. The van der Waals surface area contributed by atoms with Gasteiger partial charge in [0.05, 0.1) is 32.0 Å². The summed E-state index contributed by atoms with van der Waals surface area (Å²) in [7, 11) is 0. The van der Waals surface area contributed by atoms with Gasteiger partial charge in [0.1, 0.15) is 48.8 Å². The van der Waals surface area contributed by atoms with Crippen LogP contribution in [0.4, 0.5) is 0 Å². The lowest BCUT2D eigenvalue weighted by Crippen LogP contribution is -2.65. The van der Waals surface area contributed by atoms with Gasteiger partial charge < -0.3 is 65.1 Å². The summed E-state index contributed by atoms with van der Waals surface area (Å²) >= 11 is 0. The monoisotopic (exact) mass is 1100 g/mol. The van der Waals surface area contributed by atoms with Crippen LogP contribution in [0.15, 0.2) is 97.2 Å². The average molecular weight is 1100 g/mol. The molecule has 0 spiro atoms. The fraction of sp³-hybridized carbons (Fsp3) is 0.734. The number of hydrogen-bond acceptors (Lipinski definition) is 13. The van der Waals surface area contributed by atoms with E-state index in [0.717, 1.165) is 89.9 Å². The molecule has 0 aromatic carbocycles. The maximum Gasteiger partial charge on any atom is 0.220 e. The minimum atomic E-state index is -1.79. The molecule has 0 radical (unpaired) electrons. The van der Waals surface area contributed by atoms with Gasteiger partial charge in [0, 0.05) is 6.42 Å². The Morgan fingerprint density at radius 1 is 0.474 bits per heavy atom. The zero-order valence-electron chi connectivity index (χ0n) is 48.1. The van der Waals surface area contributed by atoms with Crippen molar-refractivity contribution in [2.75, 3.05) is 19.8 Å². The highest BCUT2D eigenvalue weighted by Gasteiger charge is 2.51. The molecule has 0 aromatic heterocycles. The third kappa shape index (κ3) is 33.6. The van der Waals surface area contributed by atoms with Crippen molar-refractivity contribution >= 4 is 5.91 Å². The highest BCUT2D eigenvalue weighted by Crippen LogP contribution is 2.30. The number of aliphatic hydroxyl groups excluding tert-OH is 8. The molecular formula is C64H109NO13. The number of nitrogens with one attached hydrogen (secondary N) is 1. The summed E-state index contributed by atoms with van der Waals surface area (Å²) in [6.45, 7) is 2.71. The van der Waals surface area contributed by atoms with Crippen molar-refractivity contribution in [1.82, 2.24) is 5.32 Å². The van der Waals surface area contributed by atoms with Gasteiger partial charge in [0.2, 0.25) is 5.91 Å². The number of rotatable bonds is 47. The maximum absolute atomic E-state index is 13.3. The molecule has 9 N–H and O–H groups in total. The Bertz CT molecular complexity index is 1680. The van der Waals surface area contributed by atoms with Crippen molar-refractivity contribution in [2.24, 2.45) is 0 Å². The van der Waals surface area contributed by atoms with Gasteiger partial charge in [-0.3, -0.25) is 4.79 Å². The largest absolute Gasteiger partial charge is 0.394 e. The van der Waals surface area contributed by atoms with E-state index in [1.807, 2.05) is 0 Å². The first kappa shape index (κ1) is 71.0. The van der Waals surface area contributed by atoms with Gasteiger partial charge in [0.15, 0.2) is 12.6 Å². The third-order valence-corrected chi connectivity index (χ3v) is 14.3. The minimum absolute atomic E-state index is 0.243. The summed E-state index contributed by atoms with van der Waals surface area (Å²) in [6.07, 6.45) is 49.7. The molecular weight excluding hydrogens is 991 g/mol. The molecule has 448 valence electrons. The van der Waals surface area contributed by atoms with Crippen LogP contribution < -0.4 is 5.32 Å². The summed E-state index contributed by atoms with van der Waals surface area (Å²) in [5.41, 5.74) is 0. The molecule has 0 aromatic rings. The van der Waals surface area contributed by atoms with E-state index in [0.29, 0.717) is 12.8 Å². The van der Waals surface area contributed by atoms with Gasteiger partial charge in [-0.15, -0.1) is 0 Å². The highest BCUT2D eigenvalue weighted by atomic mass is 16.7. The van der Waals surface area contributed by atoms with E-state index < -0.39 is 86.8 Å². The lowest BCUT2D eigenvalue weighted by atomic mass is 9.97. The highest BCUT2D eigenvalue weighted by molar-refractivity contribution is 5.76. The molecule has 0 saturated carbocycles. The van der Waals surface area contributed by atoms with Gasteiger partial charge in [-0.25, -0.2) is 0 Å². The second kappa shape index (κ2) is 48.6. The molecule has 14 heteroatoms. The average Bonchev–Trinajstić information content (AvgIpc) is 3.44. The smallest absolute Gasteiger partial charge is 0.220 e. The molecule has 2 rings (SSSR count). The lowest BCUT2D eigenvalue weighted by Gasteiger charge is -2.46. The van der Waals surface area contributed by atoms with Gasteiger partial charge >= 0.3 is 0 Å². The van der Waals surface area contributed by atoms with Crippen LogP contribution in [0.3, 0.4) is 0 Å². The number of hydrogen-bond donors (Lipinski definition) is 9. The molecule has 0 bridgehead atoms. The van der Waals surface area contributed by atoms with E-state index in [1.54, 1.807) is 0 Å². The van der Waals surface area contributed by atoms with Crippen LogP contribution >= 0.6 is 0 Å². The van der Waals surface area contributed by atoms with Crippen LogP contribution in [0.5, 0.6) is 0 Å². The van der Waals surface area contributed by atoms with Crippen molar-refractivity contribution in [3.8, 4) is 0 Å². The van der Waals surface area contributed by atoms with Gasteiger partial charge in [-0.05, 0) is 77.0 Å². The number of amides is 1. The Morgan fingerprint density at radius 2 is 0.885 bits per heavy atom. The van der Waals surface area contributed by atoms with E-state index in [9.17, 15) is 45.6 Å². The normalized spacial score (nSPS) is 25.3. The van der Waals surface area contributed by atoms with Crippen LogP contribution in [-0.4, -0.2) is 140 Å². The van der Waals surface area contributed by atoms with Crippen molar-refractivity contribution in [3.05, 3.63) is 97.2 Å². The lowest BCUT2D eigenvalue weighted by molar-refractivity contribution is -0.359. The van der Waals surface area contributed by atoms with Crippen LogP contribution in [0.2, 0.25) is 0 Å². The van der Waals surface area contributed by atoms with Crippen molar-refractivity contribution in [1.29, 1.82) is 0 Å². The number of carbonyl (C=O) groups is 1. The number of carbonyl (C=O) groups excluding carboxylic acids is 1. The van der Waals surface area contributed by atoms with Crippen molar-refractivity contribution in [3.63, 3.8) is 0 Å². The first-order valence-corrected chi connectivity index (χ1v) is 30.5. The standard InChI is InChI=1S/C64H109NO13/c1-3-5-7-9-11-13-15-17-19-21-22-23-24-25-26-27-28-29-30-32-34-36-38-40-42-44-46-48-56(69)65-52(53(68)47-45-43-41-39-37-35-33-31-20-18-16-14-12-10-8-6-4-2)51-75-63-61(74)59(72)62(55(50-67)77-63)78-64-60(73)58(71)57(70)54(49-66)76-64/h5,7,11,13,17,19,22-23,25-26,28-29,32,34,38,40,52-55,57-64,66-68,70-74H,3-4,6,8-10,12,14-16,18,20-21,24,27,30-31,33,35-37,39,41-51H2,1-2H3,(H,65,69)/b7-5-,13-11-,19-17-,23-22-,26-25-,29-28-,34-32-,40-38-. The molecule has 78 heavy (non-hydrogen) atoms. The Hall–Kier alpha value is -3.09. The Labute approximate surface area is 471 Å². The molecule has 2 aliphatic heterocycles. The molecule has 12 unspecified atom stereocenters. The minimum Gasteiger partial charge on any atom is -0.394 e. The second-order valence-corrected chi connectivity index (χ2v) is 21.1. The number of allylic oxidation sites excluding steroid dienone is 16. The zero-order chi connectivity index (χ0) is 56.7. The summed E-state index contributed by atoms with van der Waals surface area (Å²) in [4.78, 5) is 13.3. The van der Waals surface area contributed by atoms with Crippen LogP contribution in [-0.2, 0) is 23.7 Å². The summed E-state index contributed by atoms with van der Waals surface area (Å²) in [6, 6.07) is -0.859. The molecule has 2 saturated heterocycles. The van der Waals surface area contributed by atoms with Crippen LogP contribution in [0.1, 0.15) is 206 Å². The van der Waals surface area contributed by atoms with Crippen molar-refractivity contribution in [2.45, 2.75) is 280 Å². The predicted octanol–water partition coefficient (Wildman–Crippen LogP) is 10.7. The van der Waals surface area contributed by atoms with E-state index in [-0.39, 0.29) is 18.9 Å². The fourth-order valence-corrected chi connectivity index (χ4v) is 9.43. The summed E-state index contributed by atoms with van der Waals surface area (Å²) < 4.78 is 22.8. The summed E-state index contributed by atoms with van der Waals surface area (Å²) in [5, 5.41) is 87.3. The Kier molecular flexibility index (Phi) is 44.3. The van der Waals surface area contributed by atoms with Gasteiger partial charge in [-0.2, -0.15) is 0 Å². The predicted molar refractivity (Wildman–Crippen MR) is 313 cm³/mol. The molecule has 2 heterocycles. The quantitative estimate of drug-likeness (QED) is 0.0204. The first-order valence-electron chi connectivity index (χ1n) is 30.5. The van der Waals surface area contributed by atoms with E-state index in [2.05, 4.69) is 116 Å². The number of unbranched alkanes of at least 4 members (excludes halogenated alkanes) is 18. The molecule has 2 aliphatic rings. The Morgan fingerprint density at radius 3 is 1.33 bits per heavy atom. The van der Waals surface area contributed by atoms with E-state index in [1.165, 1.54) is 83.5 Å². The summed E-state index contributed by atoms with van der Waals surface area (Å²) in [5.74, 6) is -0.252. The second-order valence-electron chi connectivity index (χ2n) is 21.1. The molecule has 12 atom stereocenters. The maximum atomic E-state index is 13.3. The molecule has 2 fully saturated rings. The Balaban J connectivity index is 1.77. The van der Waals surface area contributed by atoms with Crippen molar-refractivity contribution < 1.29 is 64.6 Å². The van der Waals surface area contributed by atoms with Crippen LogP contribution in [0.25, 0.3) is 0 Å². The zero-order valence-corrected chi connectivity index (χ0v) is 48.1. The van der Waals surface area contributed by atoms with Crippen LogP contribution in [0, 0.1) is 0 Å². The van der Waals surface area contributed by atoms with E-state index >= 15 is 0 Å². The molecule has 1 amide bonds. The van der Waals surface area contributed by atoms with Gasteiger partial charge in [-0.1, -0.05) is 220 Å². The molecule has 14 nitrogen and oxygen atoms in total. The van der Waals surface area contributed by atoms with Gasteiger partial charge in [0.25, 0.3) is 0 Å². The number of aliphatic hydroxyl groups is 8. The third-order valence-electron chi connectivity index (χ3n) is 14.3. The first-order chi connectivity index (χ1) is 38.1. The topological polar surface area (TPSA) is 228 Å². The molecule has 0 aliphatic carbocycles. The fourth-order valence-electron chi connectivity index (χ4n) is 9.43. The SMILES string of the molecule is CC/C=C\C/C=C\C/C=C\C/C=C\C/C=C\C/C=C\C/C=C\C/C=C\CCCCC(=O)NC(COC1OC(CO)C(OC2OC(CO)C(O)C(O)C2O)C(O)C1O)C(O)CCCCCCCCCCCCCCCCCCC.